The van der Waals surface area contributed by atoms with Gasteiger partial charge in [-0.1, -0.05) is 18.2 Å². The van der Waals surface area contributed by atoms with Crippen molar-refractivity contribution < 1.29 is 111 Å². The number of carbonyl (C=O) groups excluding carboxylic acids is 2. The fraction of sp³-hybridized carbons (Fsp3) is 0.364. The molecule has 20 heavy (non-hydrogen) atoms. The number of carboxylic acids is 3. The molecule has 0 heterocycles. The molecule has 0 amide bonds. The van der Waals surface area contributed by atoms with Crippen molar-refractivity contribution in [2.24, 2.45) is 5.73 Å². The molecule has 3 N–H and O–H groups in total. The van der Waals surface area contributed by atoms with Crippen molar-refractivity contribution in [3.63, 3.8) is 0 Å². The average molecular weight is 319 g/mol. The molecular formula is C11H15KNNaO6. The summed E-state index contributed by atoms with van der Waals surface area (Å²) >= 11 is 0. The molecule has 7 nitrogen and oxygen atoms in total. The van der Waals surface area contributed by atoms with Gasteiger partial charge in [0.15, 0.2) is 0 Å². The van der Waals surface area contributed by atoms with Gasteiger partial charge in [-0.25, -0.2) is 0 Å². The number of rotatable bonds is 6. The van der Waals surface area contributed by atoms with E-state index in [0.29, 0.717) is 0 Å². The fourth-order valence-corrected chi connectivity index (χ4v) is 0.642. The number of hydrogen-bond acceptors (Lipinski definition) is 6. The number of nitrogens with two attached hydrogens (primary N) is 1. The summed E-state index contributed by atoms with van der Waals surface area (Å²) in [6.45, 7) is 1.81. The second-order valence-corrected chi connectivity index (χ2v) is 3.06. The molecule has 0 rings (SSSR count). The Morgan fingerprint density at radius 1 is 1.25 bits per heavy atom. The maximum Gasteiger partial charge on any atom is 1.00 e. The van der Waals surface area contributed by atoms with Crippen LogP contribution in [0.15, 0.2) is 24.3 Å². The van der Waals surface area contributed by atoms with E-state index in [1.165, 1.54) is 6.08 Å². The van der Waals surface area contributed by atoms with Gasteiger partial charge < -0.3 is 30.6 Å². The second-order valence-electron chi connectivity index (χ2n) is 3.06. The monoisotopic (exact) mass is 319 g/mol. The van der Waals surface area contributed by atoms with Crippen LogP contribution in [-0.4, -0.2) is 29.1 Å². The van der Waals surface area contributed by atoms with Crippen LogP contribution in [0.3, 0.4) is 0 Å². The van der Waals surface area contributed by atoms with Crippen LogP contribution in [-0.2, 0) is 14.4 Å². The number of allylic oxidation sites excluding steroid dienone is 3. The van der Waals surface area contributed by atoms with Crippen LogP contribution >= 0.6 is 0 Å². The smallest absolute Gasteiger partial charge is 0.548 e. The van der Waals surface area contributed by atoms with Crippen LogP contribution in [0.1, 0.15) is 19.8 Å². The van der Waals surface area contributed by atoms with Crippen LogP contribution in [0, 0.1) is 0 Å². The minimum atomic E-state index is -1.42. The average Bonchev–Trinajstić information content (AvgIpc) is 2.26. The Morgan fingerprint density at radius 2 is 1.75 bits per heavy atom. The zero-order valence-electron chi connectivity index (χ0n) is 11.9. The van der Waals surface area contributed by atoms with Crippen molar-refractivity contribution in [1.82, 2.24) is 0 Å². The fourth-order valence-electron chi connectivity index (χ4n) is 0.642. The standard InChI is InChI=1S/C6H8O2.C5H9NO4.K.Na/c1-2-3-4-5-6(7)8;6-3(5(9)10)1-2-4(7)8;;/h2-5H,1H3,(H,7,8);3H,1-2,6H2,(H,7,8)(H,9,10);;/q;;2*+1/p-2/t;3-;;/m.0../s1. The molecule has 0 aliphatic carbocycles. The molecule has 0 unspecified atom stereocenters. The number of aliphatic carboxylic acids is 3. The van der Waals surface area contributed by atoms with Gasteiger partial charge in [0.05, 0.1) is 11.9 Å². The van der Waals surface area contributed by atoms with E-state index in [0.717, 1.165) is 6.08 Å². The molecule has 0 aliphatic rings. The van der Waals surface area contributed by atoms with Gasteiger partial charge in [-0.3, -0.25) is 4.79 Å². The van der Waals surface area contributed by atoms with Gasteiger partial charge in [-0.05, 0) is 19.4 Å². The molecule has 0 saturated carbocycles. The largest absolute Gasteiger partial charge is 1.00 e. The van der Waals surface area contributed by atoms with Crippen LogP contribution in [0.5, 0.6) is 0 Å². The molecule has 102 valence electrons. The Bertz CT molecular complexity index is 346. The van der Waals surface area contributed by atoms with E-state index in [9.17, 15) is 24.6 Å². The predicted molar refractivity (Wildman–Crippen MR) is 58.8 cm³/mol. The van der Waals surface area contributed by atoms with E-state index in [-0.39, 0.29) is 93.8 Å². The number of hydrogen-bond donors (Lipinski definition) is 2. The molecular weight excluding hydrogens is 304 g/mol. The minimum Gasteiger partial charge on any atom is -0.548 e. The summed E-state index contributed by atoms with van der Waals surface area (Å²) in [5.74, 6) is -3.64. The van der Waals surface area contributed by atoms with E-state index in [2.05, 4.69) is 0 Å². The third-order valence-electron chi connectivity index (χ3n) is 1.51. The third kappa shape index (κ3) is 26.9. The van der Waals surface area contributed by atoms with Gasteiger partial charge in [-0.2, -0.15) is 0 Å². The van der Waals surface area contributed by atoms with Crippen molar-refractivity contribution in [3.05, 3.63) is 24.3 Å². The molecule has 0 fully saturated rings. The van der Waals surface area contributed by atoms with Crippen molar-refractivity contribution >= 4 is 17.9 Å². The maximum absolute atomic E-state index is 9.88. The van der Waals surface area contributed by atoms with Crippen LogP contribution in [0.4, 0.5) is 0 Å². The summed E-state index contributed by atoms with van der Waals surface area (Å²) in [7, 11) is 0. The summed E-state index contributed by atoms with van der Waals surface area (Å²) in [6, 6.07) is -1.17. The number of carboxylic acid groups (broad SMARTS) is 3. The molecule has 0 radical (unpaired) electrons. The van der Waals surface area contributed by atoms with Gasteiger partial charge >= 0.3 is 86.9 Å². The quantitative estimate of drug-likeness (QED) is 0.281. The van der Waals surface area contributed by atoms with Gasteiger partial charge in [0, 0.05) is 12.5 Å². The molecule has 0 saturated heterocycles. The maximum atomic E-state index is 9.88. The van der Waals surface area contributed by atoms with Crippen molar-refractivity contribution in [2.75, 3.05) is 0 Å². The third-order valence-corrected chi connectivity index (χ3v) is 1.51. The number of carbonyl (C=O) groups is 3. The molecule has 0 spiro atoms. The zero-order valence-corrected chi connectivity index (χ0v) is 17.0. The van der Waals surface area contributed by atoms with Gasteiger partial charge in [-0.15, -0.1) is 0 Å². The van der Waals surface area contributed by atoms with Crippen molar-refractivity contribution in [2.45, 2.75) is 25.8 Å². The normalized spacial score (nSPS) is 10.7. The first-order valence-electron chi connectivity index (χ1n) is 4.99. The Hall–Kier alpha value is 0.486. The minimum absolute atomic E-state index is 0. The SMILES string of the molecule is CC=CC=CC(=O)[O-].N[C@@H](CCC(=O)O)C(=O)[O-].[K+].[Na+]. The Morgan fingerprint density at radius 3 is 2.05 bits per heavy atom. The summed E-state index contributed by atoms with van der Waals surface area (Å²) < 4.78 is 0. The Balaban J connectivity index is -0.000000119. The molecule has 0 aromatic rings. The zero-order chi connectivity index (χ0) is 14.6. The molecule has 9 heteroatoms. The van der Waals surface area contributed by atoms with Gasteiger partial charge in [0.1, 0.15) is 0 Å². The molecule has 0 aromatic heterocycles. The predicted octanol–water partition coefficient (Wildman–Crippen LogP) is -8.20. The van der Waals surface area contributed by atoms with E-state index in [4.69, 9.17) is 10.8 Å². The van der Waals surface area contributed by atoms with Crippen LogP contribution in [0.25, 0.3) is 0 Å². The first-order valence-corrected chi connectivity index (χ1v) is 4.99. The topological polar surface area (TPSA) is 144 Å². The molecule has 1 atom stereocenters. The van der Waals surface area contributed by atoms with Crippen molar-refractivity contribution in [3.8, 4) is 0 Å². The van der Waals surface area contributed by atoms with Gasteiger partial charge in [0.25, 0.3) is 0 Å². The molecule has 0 aromatic carbocycles. The van der Waals surface area contributed by atoms with E-state index in [1.807, 2.05) is 0 Å². The van der Waals surface area contributed by atoms with Gasteiger partial charge in [0.2, 0.25) is 0 Å². The first kappa shape index (κ1) is 28.6. The van der Waals surface area contributed by atoms with E-state index in [1.54, 1.807) is 19.1 Å². The van der Waals surface area contributed by atoms with Crippen LogP contribution in [0.2, 0.25) is 0 Å². The second kappa shape index (κ2) is 19.5. The first-order chi connectivity index (χ1) is 8.31. The Labute approximate surface area is 182 Å². The van der Waals surface area contributed by atoms with E-state index < -0.39 is 23.9 Å². The summed E-state index contributed by atoms with van der Waals surface area (Å²) in [5.41, 5.74) is 4.94. The summed E-state index contributed by atoms with van der Waals surface area (Å²) in [6.07, 6.45) is 5.41. The molecule has 0 aliphatic heterocycles. The summed E-state index contributed by atoms with van der Waals surface area (Å²) in [4.78, 5) is 29.4. The summed E-state index contributed by atoms with van der Waals surface area (Å²) in [5, 5.41) is 27.6. The Kier molecular flexibility index (Phi) is 27.9. The molecule has 0 bridgehead atoms. The van der Waals surface area contributed by atoms with Crippen molar-refractivity contribution in [1.29, 1.82) is 0 Å². The van der Waals surface area contributed by atoms with E-state index >= 15 is 0 Å². The van der Waals surface area contributed by atoms with Crippen LogP contribution < -0.4 is 96.9 Å².